The molecule has 0 amide bonds. The zero-order valence-electron chi connectivity index (χ0n) is 14.7. The summed E-state index contributed by atoms with van der Waals surface area (Å²) in [5.74, 6) is 0. The lowest BCUT2D eigenvalue weighted by Crippen LogP contribution is -2.52. The summed E-state index contributed by atoms with van der Waals surface area (Å²) in [5, 5.41) is 23.1. The lowest BCUT2D eigenvalue weighted by atomic mass is 10.1. The smallest absolute Gasteiger partial charge is 0.416 e. The second-order valence-corrected chi connectivity index (χ2v) is 6.87. The zero-order valence-corrected chi connectivity index (χ0v) is 15.4. The van der Waals surface area contributed by atoms with Crippen LogP contribution in [0.5, 0.6) is 0 Å². The van der Waals surface area contributed by atoms with Gasteiger partial charge in [0.2, 0.25) is 6.20 Å². The second-order valence-electron chi connectivity index (χ2n) is 6.48. The Kier molecular flexibility index (Phi) is 5.24. The van der Waals surface area contributed by atoms with Gasteiger partial charge in [0.25, 0.3) is 10.8 Å². The molecular formula is C17H16ClF3N4O3. The fourth-order valence-electron chi connectivity index (χ4n) is 3.30. The first-order chi connectivity index (χ1) is 13.1. The molecule has 0 radical (unpaired) electrons. The minimum absolute atomic E-state index is 0.0374. The van der Waals surface area contributed by atoms with E-state index in [-0.39, 0.29) is 16.9 Å². The average molecular weight is 417 g/mol. The highest BCUT2D eigenvalue weighted by atomic mass is 35.5. The zero-order chi connectivity index (χ0) is 20.6. The van der Waals surface area contributed by atoms with Crippen LogP contribution >= 0.6 is 11.6 Å². The van der Waals surface area contributed by atoms with Crippen molar-refractivity contribution in [1.82, 2.24) is 0 Å². The van der Waals surface area contributed by atoms with Crippen LogP contribution in [0.4, 0.5) is 30.2 Å². The van der Waals surface area contributed by atoms with Crippen LogP contribution in [0.25, 0.3) is 0 Å². The van der Waals surface area contributed by atoms with Crippen LogP contribution in [-0.4, -0.2) is 30.6 Å². The number of pyridine rings is 1. The standard InChI is InChI=1S/C17H16ClF3N4O3/c1-11-9-22(6-7-23(11)13-3-5-16(18)24(26)10-13)14-4-2-12(17(19,20)21)8-15(14)25(27)28/h2-5,8,10-11H,6-7,9H2,1H3. The maximum Gasteiger partial charge on any atom is 0.416 e. The molecule has 1 fully saturated rings. The van der Waals surface area contributed by atoms with Crippen LogP contribution in [0.1, 0.15) is 12.5 Å². The minimum atomic E-state index is -4.66. The van der Waals surface area contributed by atoms with Crippen LogP contribution in [0, 0.1) is 15.3 Å². The van der Waals surface area contributed by atoms with E-state index in [9.17, 15) is 28.5 Å². The number of aromatic nitrogens is 1. The number of benzene rings is 1. The summed E-state index contributed by atoms with van der Waals surface area (Å²) in [6, 6.07) is 5.58. The molecule has 2 aromatic rings. The molecule has 2 heterocycles. The maximum atomic E-state index is 12.9. The first-order valence-corrected chi connectivity index (χ1v) is 8.71. The molecule has 0 N–H and O–H groups in total. The molecule has 28 heavy (non-hydrogen) atoms. The highest BCUT2D eigenvalue weighted by Crippen LogP contribution is 2.37. The monoisotopic (exact) mass is 416 g/mol. The molecule has 1 saturated heterocycles. The molecule has 150 valence electrons. The number of hydrogen-bond acceptors (Lipinski definition) is 5. The van der Waals surface area contributed by atoms with Gasteiger partial charge >= 0.3 is 6.18 Å². The van der Waals surface area contributed by atoms with E-state index in [1.165, 1.54) is 12.3 Å². The third-order valence-electron chi connectivity index (χ3n) is 4.65. The van der Waals surface area contributed by atoms with Crippen LogP contribution < -0.4 is 14.5 Å². The first kappa shape index (κ1) is 20.0. The van der Waals surface area contributed by atoms with Crippen molar-refractivity contribution in [3.63, 3.8) is 0 Å². The van der Waals surface area contributed by atoms with Crippen molar-refractivity contribution in [2.24, 2.45) is 0 Å². The predicted octanol–water partition coefficient (Wildman–Crippen LogP) is 3.62. The van der Waals surface area contributed by atoms with Crippen LogP contribution in [0.15, 0.2) is 36.5 Å². The molecular weight excluding hydrogens is 401 g/mol. The summed E-state index contributed by atoms with van der Waals surface area (Å²) >= 11 is 5.73. The largest absolute Gasteiger partial charge is 0.618 e. The van der Waals surface area contributed by atoms with E-state index in [0.717, 1.165) is 12.1 Å². The maximum absolute atomic E-state index is 12.9. The number of nitrogens with zero attached hydrogens (tertiary/aromatic N) is 4. The minimum Gasteiger partial charge on any atom is -0.618 e. The number of hydrogen-bond donors (Lipinski definition) is 0. The van der Waals surface area contributed by atoms with Crippen molar-refractivity contribution < 1.29 is 22.8 Å². The highest BCUT2D eigenvalue weighted by Gasteiger charge is 2.35. The molecule has 1 aromatic carbocycles. The molecule has 11 heteroatoms. The second kappa shape index (κ2) is 7.34. The SMILES string of the molecule is CC1CN(c2ccc(C(F)(F)F)cc2[N+](=O)[O-])CCN1c1ccc(Cl)[n+]([O-])c1. The Labute approximate surface area is 163 Å². The normalized spacial score (nSPS) is 17.7. The number of rotatable bonds is 3. The highest BCUT2D eigenvalue weighted by molar-refractivity contribution is 6.28. The number of halogens is 4. The Balaban J connectivity index is 1.85. The predicted molar refractivity (Wildman–Crippen MR) is 97.5 cm³/mol. The van der Waals surface area contributed by atoms with E-state index in [0.29, 0.717) is 36.1 Å². The van der Waals surface area contributed by atoms with Gasteiger partial charge in [-0.3, -0.25) is 10.1 Å². The van der Waals surface area contributed by atoms with E-state index in [1.807, 2.05) is 11.8 Å². The summed E-state index contributed by atoms with van der Waals surface area (Å²) in [5.41, 5.74) is -0.858. The fourth-order valence-corrected chi connectivity index (χ4v) is 3.41. The van der Waals surface area contributed by atoms with Gasteiger partial charge in [0.05, 0.1) is 10.5 Å². The average Bonchev–Trinajstić information content (AvgIpc) is 2.62. The van der Waals surface area contributed by atoms with Gasteiger partial charge in [0.1, 0.15) is 11.4 Å². The molecule has 0 bridgehead atoms. The molecule has 1 aromatic heterocycles. The van der Waals surface area contributed by atoms with Gasteiger partial charge < -0.3 is 15.0 Å². The van der Waals surface area contributed by atoms with Crippen molar-refractivity contribution in [2.75, 3.05) is 29.4 Å². The molecule has 7 nitrogen and oxygen atoms in total. The van der Waals surface area contributed by atoms with Gasteiger partial charge in [0.15, 0.2) is 0 Å². The van der Waals surface area contributed by atoms with Gasteiger partial charge in [0, 0.05) is 37.8 Å². The molecule has 1 aliphatic heterocycles. The van der Waals surface area contributed by atoms with Crippen LogP contribution in [0.3, 0.4) is 0 Å². The van der Waals surface area contributed by atoms with Crippen molar-refractivity contribution in [3.8, 4) is 0 Å². The van der Waals surface area contributed by atoms with Gasteiger partial charge in [-0.2, -0.15) is 17.9 Å². The fraction of sp³-hybridized carbons (Fsp3) is 0.353. The van der Waals surface area contributed by atoms with Crippen LogP contribution in [0.2, 0.25) is 5.15 Å². The first-order valence-electron chi connectivity index (χ1n) is 8.34. The Hall–Kier alpha value is -2.75. The summed E-state index contributed by atoms with van der Waals surface area (Å²) in [6.07, 6.45) is -3.31. The molecule has 1 unspecified atom stereocenters. The Morgan fingerprint density at radius 3 is 2.54 bits per heavy atom. The lowest BCUT2D eigenvalue weighted by molar-refractivity contribution is -0.602. The molecule has 0 saturated carbocycles. The Morgan fingerprint density at radius 1 is 1.25 bits per heavy atom. The summed E-state index contributed by atoms with van der Waals surface area (Å²) < 4.78 is 39.2. The van der Waals surface area contributed by atoms with E-state index < -0.39 is 22.4 Å². The number of piperazine rings is 1. The van der Waals surface area contributed by atoms with Gasteiger partial charge in [-0.1, -0.05) is 0 Å². The molecule has 0 spiro atoms. The van der Waals surface area contributed by atoms with Crippen molar-refractivity contribution in [2.45, 2.75) is 19.1 Å². The summed E-state index contributed by atoms with van der Waals surface area (Å²) in [6.45, 7) is 2.98. The molecule has 3 rings (SSSR count). The van der Waals surface area contributed by atoms with Crippen LogP contribution in [-0.2, 0) is 6.18 Å². The Bertz CT molecular complexity index is 910. The van der Waals surface area contributed by atoms with Gasteiger partial charge in [-0.15, -0.1) is 0 Å². The number of nitro benzene ring substituents is 1. The summed E-state index contributed by atoms with van der Waals surface area (Å²) in [4.78, 5) is 14.1. The van der Waals surface area contributed by atoms with E-state index in [4.69, 9.17) is 11.6 Å². The van der Waals surface area contributed by atoms with Crippen molar-refractivity contribution >= 4 is 28.7 Å². The number of nitro groups is 1. The van der Waals surface area contributed by atoms with E-state index in [1.54, 1.807) is 11.0 Å². The third-order valence-corrected chi connectivity index (χ3v) is 4.94. The summed E-state index contributed by atoms with van der Waals surface area (Å²) in [7, 11) is 0. The Morgan fingerprint density at radius 2 is 1.96 bits per heavy atom. The van der Waals surface area contributed by atoms with Gasteiger partial charge in [-0.25, -0.2) is 0 Å². The van der Waals surface area contributed by atoms with E-state index >= 15 is 0 Å². The topological polar surface area (TPSA) is 76.6 Å². The third kappa shape index (κ3) is 3.91. The molecule has 0 aliphatic carbocycles. The van der Waals surface area contributed by atoms with E-state index in [2.05, 4.69) is 0 Å². The molecule has 1 atom stereocenters. The van der Waals surface area contributed by atoms with Gasteiger partial charge in [-0.05, 0) is 36.7 Å². The quantitative estimate of drug-likeness (QED) is 0.251. The van der Waals surface area contributed by atoms with Crippen molar-refractivity contribution in [1.29, 1.82) is 0 Å². The number of alkyl halides is 3. The lowest BCUT2D eigenvalue weighted by Gasteiger charge is -2.41. The van der Waals surface area contributed by atoms with Crippen molar-refractivity contribution in [3.05, 3.63) is 62.6 Å². The number of anilines is 2. The molecule has 1 aliphatic rings.